The summed E-state index contributed by atoms with van der Waals surface area (Å²) < 4.78 is 5.14. The van der Waals surface area contributed by atoms with Crippen molar-refractivity contribution in [3.63, 3.8) is 0 Å². The van der Waals surface area contributed by atoms with E-state index in [2.05, 4.69) is 17.4 Å². The Hall–Kier alpha value is -1.94. The highest BCUT2D eigenvalue weighted by atomic mass is 16.5. The van der Waals surface area contributed by atoms with Crippen molar-refractivity contribution >= 4 is 11.6 Å². The fourth-order valence-corrected chi connectivity index (χ4v) is 1.69. The fraction of sp³-hybridized carbons (Fsp3) is 0.286. The van der Waals surface area contributed by atoms with Crippen LogP contribution in [0.4, 0.5) is 0 Å². The number of benzene rings is 1. The van der Waals surface area contributed by atoms with E-state index < -0.39 is 11.6 Å². The highest BCUT2D eigenvalue weighted by Crippen LogP contribution is 2.04. The molecule has 1 N–H and O–H groups in total. The van der Waals surface area contributed by atoms with E-state index in [0.29, 0.717) is 12.3 Å². The van der Waals surface area contributed by atoms with Gasteiger partial charge in [0.05, 0.1) is 6.54 Å². The van der Waals surface area contributed by atoms with E-state index in [0.717, 1.165) is 13.0 Å². The van der Waals surface area contributed by atoms with E-state index in [9.17, 15) is 9.59 Å². The summed E-state index contributed by atoms with van der Waals surface area (Å²) in [5.41, 5.74) is 1.26. The van der Waals surface area contributed by atoms with Crippen LogP contribution in [-0.2, 0) is 20.7 Å². The second-order valence-corrected chi connectivity index (χ2v) is 4.10. The average Bonchev–Trinajstić information content (AvgIpc) is 2.40. The first-order valence-corrected chi connectivity index (χ1v) is 5.91. The number of Topliss-reactive ketones (excluding diaryl/α,β-unsaturated/α-hetero) is 1. The summed E-state index contributed by atoms with van der Waals surface area (Å²) >= 11 is 0. The molecule has 2 rings (SSSR count). The number of ether oxygens (including phenoxy) is 1. The van der Waals surface area contributed by atoms with E-state index in [1.165, 1.54) is 11.6 Å². The van der Waals surface area contributed by atoms with Crippen molar-refractivity contribution in [1.29, 1.82) is 0 Å². The first kappa shape index (κ1) is 12.5. The lowest BCUT2D eigenvalue weighted by atomic mass is 10.1. The van der Waals surface area contributed by atoms with E-state index in [1.54, 1.807) is 0 Å². The molecule has 0 atom stereocenters. The molecule has 18 heavy (non-hydrogen) atoms. The Balaban J connectivity index is 1.72. The SMILES string of the molecule is O=C1C=C(CNCCc2ccccc2)OCC1=O. The van der Waals surface area contributed by atoms with Gasteiger partial charge in [0.25, 0.3) is 0 Å². The maximum atomic E-state index is 11.1. The number of rotatable bonds is 5. The molecule has 0 amide bonds. The fourth-order valence-electron chi connectivity index (χ4n) is 1.69. The van der Waals surface area contributed by atoms with Gasteiger partial charge in [-0.3, -0.25) is 9.59 Å². The largest absolute Gasteiger partial charge is 0.488 e. The molecule has 0 spiro atoms. The van der Waals surface area contributed by atoms with Crippen LogP contribution in [-0.4, -0.2) is 31.3 Å². The molecule has 0 radical (unpaired) electrons. The minimum Gasteiger partial charge on any atom is -0.488 e. The topological polar surface area (TPSA) is 55.4 Å². The van der Waals surface area contributed by atoms with Crippen LogP contribution < -0.4 is 5.32 Å². The molecule has 1 aromatic rings. The summed E-state index contributed by atoms with van der Waals surface area (Å²) in [4.78, 5) is 22.0. The minimum atomic E-state index is -0.483. The summed E-state index contributed by atoms with van der Waals surface area (Å²) in [5.74, 6) is -0.420. The van der Waals surface area contributed by atoms with E-state index >= 15 is 0 Å². The highest BCUT2D eigenvalue weighted by Gasteiger charge is 2.19. The molecule has 1 aliphatic heterocycles. The van der Waals surface area contributed by atoms with Crippen LogP contribution >= 0.6 is 0 Å². The van der Waals surface area contributed by atoms with Gasteiger partial charge in [-0.05, 0) is 18.5 Å². The second-order valence-electron chi connectivity index (χ2n) is 4.10. The van der Waals surface area contributed by atoms with Gasteiger partial charge in [0.2, 0.25) is 11.6 Å². The molecule has 0 aliphatic carbocycles. The van der Waals surface area contributed by atoms with Gasteiger partial charge in [0.1, 0.15) is 5.76 Å². The maximum Gasteiger partial charge on any atom is 0.240 e. The van der Waals surface area contributed by atoms with Crippen molar-refractivity contribution in [2.24, 2.45) is 0 Å². The third-order valence-electron chi connectivity index (χ3n) is 2.69. The van der Waals surface area contributed by atoms with Gasteiger partial charge < -0.3 is 10.1 Å². The average molecular weight is 245 g/mol. The molecule has 1 aliphatic rings. The summed E-state index contributed by atoms with van der Waals surface area (Å²) in [6.45, 7) is 1.14. The van der Waals surface area contributed by atoms with E-state index in [1.807, 2.05) is 18.2 Å². The monoisotopic (exact) mass is 245 g/mol. The van der Waals surface area contributed by atoms with Crippen molar-refractivity contribution in [3.05, 3.63) is 47.7 Å². The molecular formula is C14H15NO3. The van der Waals surface area contributed by atoms with Crippen molar-refractivity contribution in [1.82, 2.24) is 5.32 Å². The molecule has 0 aromatic heterocycles. The number of hydrogen-bond acceptors (Lipinski definition) is 4. The van der Waals surface area contributed by atoms with Gasteiger partial charge in [-0.2, -0.15) is 0 Å². The van der Waals surface area contributed by atoms with Crippen molar-refractivity contribution in [2.45, 2.75) is 6.42 Å². The Morgan fingerprint density at radius 3 is 2.67 bits per heavy atom. The number of hydrogen-bond donors (Lipinski definition) is 1. The van der Waals surface area contributed by atoms with Crippen molar-refractivity contribution < 1.29 is 14.3 Å². The summed E-state index contributed by atoms with van der Waals surface area (Å²) in [5, 5.41) is 3.18. The molecular weight excluding hydrogens is 230 g/mol. The van der Waals surface area contributed by atoms with Crippen molar-refractivity contribution in [3.8, 4) is 0 Å². The number of carbonyl (C=O) groups is 2. The Morgan fingerprint density at radius 1 is 1.17 bits per heavy atom. The van der Waals surface area contributed by atoms with Crippen LogP contribution in [0.1, 0.15) is 5.56 Å². The minimum absolute atomic E-state index is 0.134. The Kier molecular flexibility index (Phi) is 4.25. The lowest BCUT2D eigenvalue weighted by Gasteiger charge is -2.13. The predicted octanol–water partition coefficient (Wildman–Crippen LogP) is 0.871. The zero-order valence-corrected chi connectivity index (χ0v) is 10.0. The molecule has 0 saturated carbocycles. The molecule has 94 valence electrons. The number of allylic oxidation sites excluding steroid dienone is 1. The number of ketones is 2. The second kappa shape index (κ2) is 6.12. The van der Waals surface area contributed by atoms with Crippen LogP contribution in [0.3, 0.4) is 0 Å². The molecule has 1 aromatic carbocycles. The molecule has 1 heterocycles. The lowest BCUT2D eigenvalue weighted by Crippen LogP contribution is -2.28. The van der Waals surface area contributed by atoms with Gasteiger partial charge in [-0.1, -0.05) is 30.3 Å². The van der Waals surface area contributed by atoms with Crippen LogP contribution in [0.2, 0.25) is 0 Å². The smallest absolute Gasteiger partial charge is 0.240 e. The first-order valence-electron chi connectivity index (χ1n) is 5.91. The van der Waals surface area contributed by atoms with Crippen LogP contribution in [0, 0.1) is 0 Å². The van der Waals surface area contributed by atoms with Crippen LogP contribution in [0.25, 0.3) is 0 Å². The number of nitrogens with one attached hydrogen (secondary N) is 1. The van der Waals surface area contributed by atoms with E-state index in [4.69, 9.17) is 4.74 Å². The summed E-state index contributed by atoms with van der Waals surface area (Å²) in [7, 11) is 0. The highest BCUT2D eigenvalue weighted by molar-refractivity contribution is 6.42. The quantitative estimate of drug-likeness (QED) is 0.618. The Morgan fingerprint density at radius 2 is 1.94 bits per heavy atom. The summed E-state index contributed by atoms with van der Waals surface area (Å²) in [6.07, 6.45) is 2.18. The zero-order chi connectivity index (χ0) is 12.8. The Labute approximate surface area is 106 Å². The lowest BCUT2D eigenvalue weighted by molar-refractivity contribution is -0.137. The Bertz CT molecular complexity index is 465. The first-order chi connectivity index (χ1) is 8.75. The van der Waals surface area contributed by atoms with Gasteiger partial charge in [-0.15, -0.1) is 0 Å². The molecule has 0 unspecified atom stereocenters. The van der Waals surface area contributed by atoms with Crippen LogP contribution in [0.15, 0.2) is 42.2 Å². The van der Waals surface area contributed by atoms with Gasteiger partial charge in [0, 0.05) is 6.08 Å². The van der Waals surface area contributed by atoms with Crippen molar-refractivity contribution in [2.75, 3.05) is 19.7 Å². The van der Waals surface area contributed by atoms with Crippen LogP contribution in [0.5, 0.6) is 0 Å². The molecule has 0 fully saturated rings. The van der Waals surface area contributed by atoms with Gasteiger partial charge in [-0.25, -0.2) is 0 Å². The molecule has 0 bridgehead atoms. The van der Waals surface area contributed by atoms with Gasteiger partial charge in [0.15, 0.2) is 6.61 Å². The zero-order valence-electron chi connectivity index (χ0n) is 10.0. The molecule has 0 saturated heterocycles. The molecule has 4 nitrogen and oxygen atoms in total. The third-order valence-corrected chi connectivity index (χ3v) is 2.69. The summed E-state index contributed by atoms with van der Waals surface area (Å²) in [6, 6.07) is 10.1. The van der Waals surface area contributed by atoms with E-state index in [-0.39, 0.29) is 6.61 Å². The predicted molar refractivity (Wildman–Crippen MR) is 67.1 cm³/mol. The third kappa shape index (κ3) is 3.53. The normalized spacial score (nSPS) is 15.2. The standard InChI is InChI=1S/C14H15NO3/c16-13-8-12(18-10-14(13)17)9-15-7-6-11-4-2-1-3-5-11/h1-5,8,15H,6-7,9-10H2. The number of carbonyl (C=O) groups excluding carboxylic acids is 2. The molecule has 4 heteroatoms. The maximum absolute atomic E-state index is 11.1. The van der Waals surface area contributed by atoms with Gasteiger partial charge >= 0.3 is 0 Å².